The first-order valence-corrected chi connectivity index (χ1v) is 5.44. The van der Waals surface area contributed by atoms with Crippen molar-refractivity contribution in [2.75, 3.05) is 19.7 Å². The van der Waals surface area contributed by atoms with Gasteiger partial charge in [-0.3, -0.25) is 0 Å². The first kappa shape index (κ1) is 12.8. The van der Waals surface area contributed by atoms with Crippen molar-refractivity contribution in [2.45, 2.75) is 32.4 Å². The molecule has 92 valence electrons. The molecule has 0 bridgehead atoms. The summed E-state index contributed by atoms with van der Waals surface area (Å²) in [5, 5.41) is 11.3. The maximum atomic E-state index is 11.7. The SMILES string of the molecule is CC[C@H](NC(=O)N1CCOC(C)C1)C(=O)O. The lowest BCUT2D eigenvalue weighted by atomic mass is 10.2. The summed E-state index contributed by atoms with van der Waals surface area (Å²) in [7, 11) is 0. The summed E-state index contributed by atoms with van der Waals surface area (Å²) < 4.78 is 5.30. The Morgan fingerprint density at radius 2 is 2.31 bits per heavy atom. The summed E-state index contributed by atoms with van der Waals surface area (Å²) in [6.07, 6.45) is 0.380. The lowest BCUT2D eigenvalue weighted by molar-refractivity contribution is -0.139. The van der Waals surface area contributed by atoms with Crippen LogP contribution in [0.3, 0.4) is 0 Å². The molecule has 1 aliphatic heterocycles. The topological polar surface area (TPSA) is 78.9 Å². The van der Waals surface area contributed by atoms with Gasteiger partial charge in [0.1, 0.15) is 6.04 Å². The quantitative estimate of drug-likeness (QED) is 0.730. The van der Waals surface area contributed by atoms with E-state index < -0.39 is 12.0 Å². The molecule has 0 aromatic rings. The molecule has 0 aliphatic carbocycles. The molecule has 6 nitrogen and oxygen atoms in total. The standard InChI is InChI=1S/C10H18N2O4/c1-3-8(9(13)14)11-10(15)12-4-5-16-7(2)6-12/h7-8H,3-6H2,1-2H3,(H,11,15)(H,13,14)/t7?,8-/m0/s1. The zero-order valence-electron chi connectivity index (χ0n) is 9.60. The van der Waals surface area contributed by atoms with Gasteiger partial charge in [0.05, 0.1) is 12.7 Å². The van der Waals surface area contributed by atoms with Crippen LogP contribution < -0.4 is 5.32 Å². The third-order valence-corrected chi connectivity index (χ3v) is 2.53. The number of carbonyl (C=O) groups excluding carboxylic acids is 1. The fourth-order valence-corrected chi connectivity index (χ4v) is 1.58. The van der Waals surface area contributed by atoms with E-state index in [1.54, 1.807) is 11.8 Å². The Bertz CT molecular complexity index is 270. The lowest BCUT2D eigenvalue weighted by Gasteiger charge is -2.31. The van der Waals surface area contributed by atoms with Crippen molar-refractivity contribution in [2.24, 2.45) is 0 Å². The number of aliphatic carboxylic acids is 1. The van der Waals surface area contributed by atoms with Gasteiger partial charge in [0.25, 0.3) is 0 Å². The highest BCUT2D eigenvalue weighted by Crippen LogP contribution is 2.05. The molecule has 1 fully saturated rings. The van der Waals surface area contributed by atoms with Crippen molar-refractivity contribution in [3.05, 3.63) is 0 Å². The number of carboxylic acid groups (broad SMARTS) is 1. The molecule has 0 saturated carbocycles. The zero-order chi connectivity index (χ0) is 12.1. The third-order valence-electron chi connectivity index (χ3n) is 2.53. The molecule has 1 heterocycles. The van der Waals surface area contributed by atoms with E-state index in [2.05, 4.69) is 5.32 Å². The van der Waals surface area contributed by atoms with Gasteiger partial charge in [-0.15, -0.1) is 0 Å². The van der Waals surface area contributed by atoms with E-state index in [9.17, 15) is 9.59 Å². The second-order valence-corrected chi connectivity index (χ2v) is 3.88. The molecule has 0 aromatic carbocycles. The van der Waals surface area contributed by atoms with Crippen molar-refractivity contribution in [1.82, 2.24) is 10.2 Å². The number of nitrogens with one attached hydrogen (secondary N) is 1. The van der Waals surface area contributed by atoms with Crippen LogP contribution in [0.5, 0.6) is 0 Å². The minimum atomic E-state index is -1.00. The molecule has 6 heteroatoms. The van der Waals surface area contributed by atoms with Crippen molar-refractivity contribution in [3.8, 4) is 0 Å². The van der Waals surface area contributed by atoms with Gasteiger partial charge in [-0.1, -0.05) is 6.92 Å². The van der Waals surface area contributed by atoms with Crippen LogP contribution in [-0.4, -0.2) is 53.8 Å². The number of urea groups is 1. The van der Waals surface area contributed by atoms with Gasteiger partial charge < -0.3 is 20.1 Å². The van der Waals surface area contributed by atoms with Crippen LogP contribution in [0.4, 0.5) is 4.79 Å². The van der Waals surface area contributed by atoms with Crippen LogP contribution in [0.2, 0.25) is 0 Å². The number of nitrogens with zero attached hydrogens (tertiary/aromatic N) is 1. The van der Waals surface area contributed by atoms with E-state index in [0.717, 1.165) is 0 Å². The zero-order valence-corrected chi connectivity index (χ0v) is 9.60. The van der Waals surface area contributed by atoms with Gasteiger partial charge in [0.15, 0.2) is 0 Å². The van der Waals surface area contributed by atoms with E-state index in [-0.39, 0.29) is 12.1 Å². The van der Waals surface area contributed by atoms with E-state index >= 15 is 0 Å². The summed E-state index contributed by atoms with van der Waals surface area (Å²) in [4.78, 5) is 24.1. The number of amides is 2. The molecular formula is C10H18N2O4. The van der Waals surface area contributed by atoms with Crippen LogP contribution in [0.25, 0.3) is 0 Å². The molecular weight excluding hydrogens is 212 g/mol. The van der Waals surface area contributed by atoms with Gasteiger partial charge in [-0.2, -0.15) is 0 Å². The Kier molecular flexibility index (Phi) is 4.54. The summed E-state index contributed by atoms with van der Waals surface area (Å²) in [5.74, 6) is -1.00. The molecule has 1 saturated heterocycles. The lowest BCUT2D eigenvalue weighted by Crippen LogP contribution is -2.52. The van der Waals surface area contributed by atoms with Crippen molar-refractivity contribution >= 4 is 12.0 Å². The number of carbonyl (C=O) groups is 2. The van der Waals surface area contributed by atoms with Gasteiger partial charge in [-0.05, 0) is 13.3 Å². The molecule has 1 rings (SSSR count). The summed E-state index contributed by atoms with van der Waals surface area (Å²) in [5.41, 5.74) is 0. The molecule has 2 N–H and O–H groups in total. The van der Waals surface area contributed by atoms with E-state index in [0.29, 0.717) is 26.1 Å². The Balaban J connectivity index is 2.47. The van der Waals surface area contributed by atoms with Crippen LogP contribution in [0.1, 0.15) is 20.3 Å². The maximum Gasteiger partial charge on any atom is 0.326 e. The Morgan fingerprint density at radius 1 is 1.62 bits per heavy atom. The average molecular weight is 230 g/mol. The maximum absolute atomic E-state index is 11.7. The Labute approximate surface area is 94.6 Å². The first-order valence-electron chi connectivity index (χ1n) is 5.44. The summed E-state index contributed by atoms with van der Waals surface area (Å²) in [6, 6.07) is -1.14. The summed E-state index contributed by atoms with van der Waals surface area (Å²) >= 11 is 0. The molecule has 0 aromatic heterocycles. The van der Waals surface area contributed by atoms with E-state index in [4.69, 9.17) is 9.84 Å². The van der Waals surface area contributed by atoms with Gasteiger partial charge in [0, 0.05) is 13.1 Å². The Morgan fingerprint density at radius 3 is 2.81 bits per heavy atom. The highest BCUT2D eigenvalue weighted by Gasteiger charge is 2.25. The van der Waals surface area contributed by atoms with E-state index in [1.807, 2.05) is 6.92 Å². The predicted molar refractivity (Wildman–Crippen MR) is 57.2 cm³/mol. The monoisotopic (exact) mass is 230 g/mol. The van der Waals surface area contributed by atoms with Crippen LogP contribution >= 0.6 is 0 Å². The average Bonchev–Trinajstić information content (AvgIpc) is 2.25. The van der Waals surface area contributed by atoms with Gasteiger partial charge in [0.2, 0.25) is 0 Å². The van der Waals surface area contributed by atoms with E-state index in [1.165, 1.54) is 0 Å². The number of hydrogen-bond acceptors (Lipinski definition) is 3. The van der Waals surface area contributed by atoms with Crippen LogP contribution in [0.15, 0.2) is 0 Å². The predicted octanol–water partition coefficient (Wildman–Crippen LogP) is 0.280. The highest BCUT2D eigenvalue weighted by atomic mass is 16.5. The van der Waals surface area contributed by atoms with Crippen molar-refractivity contribution < 1.29 is 19.4 Å². The second kappa shape index (κ2) is 5.69. The normalized spacial score (nSPS) is 22.6. The fraction of sp³-hybridized carbons (Fsp3) is 0.800. The van der Waals surface area contributed by atoms with Crippen molar-refractivity contribution in [1.29, 1.82) is 0 Å². The number of rotatable bonds is 3. The molecule has 2 amide bonds. The molecule has 1 aliphatic rings. The number of ether oxygens (including phenoxy) is 1. The second-order valence-electron chi connectivity index (χ2n) is 3.88. The molecule has 0 spiro atoms. The minimum Gasteiger partial charge on any atom is -0.480 e. The molecule has 2 atom stereocenters. The van der Waals surface area contributed by atoms with Gasteiger partial charge >= 0.3 is 12.0 Å². The minimum absolute atomic E-state index is 0.00408. The number of morpholine rings is 1. The highest BCUT2D eigenvalue weighted by molar-refractivity contribution is 5.82. The molecule has 16 heavy (non-hydrogen) atoms. The Hall–Kier alpha value is -1.30. The molecule has 1 unspecified atom stereocenters. The largest absolute Gasteiger partial charge is 0.480 e. The van der Waals surface area contributed by atoms with Crippen LogP contribution in [-0.2, 0) is 9.53 Å². The number of carboxylic acids is 1. The fourth-order valence-electron chi connectivity index (χ4n) is 1.58. The first-order chi connectivity index (χ1) is 7.54. The molecule has 0 radical (unpaired) electrons. The van der Waals surface area contributed by atoms with Gasteiger partial charge in [-0.25, -0.2) is 9.59 Å². The smallest absolute Gasteiger partial charge is 0.326 e. The van der Waals surface area contributed by atoms with Crippen molar-refractivity contribution in [3.63, 3.8) is 0 Å². The number of hydrogen-bond donors (Lipinski definition) is 2. The van der Waals surface area contributed by atoms with Crippen LogP contribution in [0, 0.1) is 0 Å². The third kappa shape index (κ3) is 3.37. The summed E-state index contributed by atoms with van der Waals surface area (Å²) in [6.45, 7) is 5.11.